The summed E-state index contributed by atoms with van der Waals surface area (Å²) in [5, 5.41) is 4.50. The van der Waals surface area contributed by atoms with Gasteiger partial charge in [-0.25, -0.2) is 4.98 Å². The second kappa shape index (κ2) is 6.24. The summed E-state index contributed by atoms with van der Waals surface area (Å²) in [6, 6.07) is 5.08. The third-order valence-corrected chi connectivity index (χ3v) is 5.35. The van der Waals surface area contributed by atoms with Gasteiger partial charge in [0.15, 0.2) is 0 Å². The molecule has 1 atom stereocenters. The molecule has 106 valence electrons. The maximum absolute atomic E-state index is 12.2. The Kier molecular flexibility index (Phi) is 4.83. The van der Waals surface area contributed by atoms with Crippen molar-refractivity contribution in [3.63, 3.8) is 0 Å². The van der Waals surface area contributed by atoms with Gasteiger partial charge in [0, 0.05) is 14.9 Å². The molecule has 0 spiro atoms. The molecule has 2 rings (SSSR count). The van der Waals surface area contributed by atoms with Gasteiger partial charge in [0.05, 0.1) is 21.8 Å². The summed E-state index contributed by atoms with van der Waals surface area (Å²) in [5.74, 6) is -0.141. The van der Waals surface area contributed by atoms with E-state index in [-0.39, 0.29) is 11.9 Å². The van der Waals surface area contributed by atoms with Crippen LogP contribution in [0.3, 0.4) is 0 Å². The molecule has 0 aliphatic heterocycles. The Bertz CT molecular complexity index is 657. The van der Waals surface area contributed by atoms with E-state index in [0.29, 0.717) is 10.6 Å². The number of rotatable bonds is 3. The van der Waals surface area contributed by atoms with Crippen LogP contribution in [0.5, 0.6) is 0 Å². The molecular formula is C14H14BrClN2OS. The zero-order valence-electron chi connectivity index (χ0n) is 11.3. The maximum atomic E-state index is 12.2. The molecule has 1 heterocycles. The maximum Gasteiger partial charge on any atom is 0.251 e. The minimum absolute atomic E-state index is 0.0730. The largest absolute Gasteiger partial charge is 0.345 e. The molecule has 2 aromatic rings. The SMILES string of the molecule is Cc1nc(C)c(C(C)NC(=O)c2ccc(Br)c(Cl)c2)s1. The van der Waals surface area contributed by atoms with Crippen LogP contribution in [0.2, 0.25) is 5.02 Å². The van der Waals surface area contributed by atoms with Crippen LogP contribution in [0.1, 0.15) is 38.9 Å². The molecule has 1 N–H and O–H groups in total. The van der Waals surface area contributed by atoms with Crippen LogP contribution < -0.4 is 5.32 Å². The number of hydrogen-bond donors (Lipinski definition) is 1. The fraction of sp³-hybridized carbons (Fsp3) is 0.286. The summed E-state index contributed by atoms with van der Waals surface area (Å²) in [5.41, 5.74) is 1.51. The van der Waals surface area contributed by atoms with Gasteiger partial charge >= 0.3 is 0 Å². The van der Waals surface area contributed by atoms with Crippen LogP contribution in [0.15, 0.2) is 22.7 Å². The Hall–Kier alpha value is -0.910. The zero-order valence-corrected chi connectivity index (χ0v) is 14.5. The number of amides is 1. The third-order valence-electron chi connectivity index (χ3n) is 2.86. The lowest BCUT2D eigenvalue weighted by Gasteiger charge is -2.13. The average Bonchev–Trinajstić information content (AvgIpc) is 2.71. The van der Waals surface area contributed by atoms with E-state index >= 15 is 0 Å². The van der Waals surface area contributed by atoms with Crippen molar-refractivity contribution in [1.82, 2.24) is 10.3 Å². The second-order valence-electron chi connectivity index (χ2n) is 4.51. The quantitative estimate of drug-likeness (QED) is 0.849. The van der Waals surface area contributed by atoms with Crippen molar-refractivity contribution in [1.29, 1.82) is 0 Å². The highest BCUT2D eigenvalue weighted by Crippen LogP contribution is 2.26. The van der Waals surface area contributed by atoms with Gasteiger partial charge < -0.3 is 5.32 Å². The van der Waals surface area contributed by atoms with E-state index < -0.39 is 0 Å². The first kappa shape index (κ1) is 15.5. The van der Waals surface area contributed by atoms with E-state index in [1.165, 1.54) is 0 Å². The highest BCUT2D eigenvalue weighted by Gasteiger charge is 2.16. The zero-order chi connectivity index (χ0) is 14.9. The van der Waals surface area contributed by atoms with Crippen molar-refractivity contribution >= 4 is 44.8 Å². The molecule has 1 unspecified atom stereocenters. The molecule has 20 heavy (non-hydrogen) atoms. The van der Waals surface area contributed by atoms with E-state index in [0.717, 1.165) is 20.1 Å². The van der Waals surface area contributed by atoms with E-state index in [4.69, 9.17) is 11.6 Å². The minimum Gasteiger partial charge on any atom is -0.345 e. The standard InChI is InChI=1S/C14H14BrClN2OS/c1-7-13(20-9(3)17-7)8(2)18-14(19)10-4-5-11(15)12(16)6-10/h4-6,8H,1-3H3,(H,18,19). The lowest BCUT2D eigenvalue weighted by atomic mass is 10.2. The Morgan fingerprint density at radius 1 is 1.45 bits per heavy atom. The predicted molar refractivity (Wildman–Crippen MR) is 86.6 cm³/mol. The van der Waals surface area contributed by atoms with E-state index in [2.05, 4.69) is 26.2 Å². The summed E-state index contributed by atoms with van der Waals surface area (Å²) in [6.07, 6.45) is 0. The van der Waals surface area contributed by atoms with Gasteiger partial charge in [0.1, 0.15) is 0 Å². The fourth-order valence-electron chi connectivity index (χ4n) is 1.93. The number of nitrogens with zero attached hydrogens (tertiary/aromatic N) is 1. The Balaban J connectivity index is 2.15. The summed E-state index contributed by atoms with van der Waals surface area (Å²) >= 11 is 10.9. The van der Waals surface area contributed by atoms with Crippen molar-refractivity contribution in [3.05, 3.63) is 48.8 Å². The first-order valence-electron chi connectivity index (χ1n) is 6.08. The van der Waals surface area contributed by atoms with Crippen LogP contribution in [-0.4, -0.2) is 10.9 Å². The number of aryl methyl sites for hydroxylation is 2. The molecule has 1 aromatic carbocycles. The molecule has 1 amide bonds. The topological polar surface area (TPSA) is 42.0 Å². The van der Waals surface area contributed by atoms with Crippen molar-refractivity contribution < 1.29 is 4.79 Å². The van der Waals surface area contributed by atoms with Gasteiger partial charge in [0.2, 0.25) is 0 Å². The number of thiazole rings is 1. The number of halogens is 2. The van der Waals surface area contributed by atoms with Crippen molar-refractivity contribution in [3.8, 4) is 0 Å². The monoisotopic (exact) mass is 372 g/mol. The van der Waals surface area contributed by atoms with Crippen LogP contribution in [0.4, 0.5) is 0 Å². The van der Waals surface area contributed by atoms with Gasteiger partial charge in [-0.3, -0.25) is 4.79 Å². The molecule has 1 aromatic heterocycles. The van der Waals surface area contributed by atoms with Crippen LogP contribution in [0.25, 0.3) is 0 Å². The van der Waals surface area contributed by atoms with E-state index in [1.807, 2.05) is 20.8 Å². The molecule has 0 bridgehead atoms. The number of aromatic nitrogens is 1. The molecule has 0 saturated carbocycles. The van der Waals surface area contributed by atoms with Gasteiger partial charge in [-0.1, -0.05) is 11.6 Å². The van der Waals surface area contributed by atoms with Crippen molar-refractivity contribution in [2.45, 2.75) is 26.8 Å². The van der Waals surface area contributed by atoms with Crippen LogP contribution in [-0.2, 0) is 0 Å². The fourth-order valence-corrected chi connectivity index (χ4v) is 3.29. The molecule has 6 heteroatoms. The van der Waals surface area contributed by atoms with Gasteiger partial charge in [-0.2, -0.15) is 0 Å². The Morgan fingerprint density at radius 3 is 2.70 bits per heavy atom. The number of carbonyl (C=O) groups is 1. The summed E-state index contributed by atoms with van der Waals surface area (Å²) in [7, 11) is 0. The lowest BCUT2D eigenvalue weighted by molar-refractivity contribution is 0.0940. The first-order chi connectivity index (χ1) is 9.38. The summed E-state index contributed by atoms with van der Waals surface area (Å²) in [4.78, 5) is 17.7. The smallest absolute Gasteiger partial charge is 0.251 e. The predicted octanol–water partition coefficient (Wildman–Crippen LogP) is 4.67. The molecule has 0 radical (unpaired) electrons. The Morgan fingerprint density at radius 2 is 2.15 bits per heavy atom. The van der Waals surface area contributed by atoms with Crippen LogP contribution >= 0.6 is 38.9 Å². The molecule has 0 fully saturated rings. The first-order valence-corrected chi connectivity index (χ1v) is 8.07. The lowest BCUT2D eigenvalue weighted by Crippen LogP contribution is -2.26. The number of hydrogen-bond acceptors (Lipinski definition) is 3. The third kappa shape index (κ3) is 3.40. The molecule has 0 saturated heterocycles. The van der Waals surface area contributed by atoms with Crippen LogP contribution in [0, 0.1) is 13.8 Å². The van der Waals surface area contributed by atoms with Crippen molar-refractivity contribution in [2.24, 2.45) is 0 Å². The number of carbonyl (C=O) groups excluding carboxylic acids is 1. The van der Waals surface area contributed by atoms with Gasteiger partial charge in [-0.05, 0) is 54.9 Å². The van der Waals surface area contributed by atoms with E-state index in [1.54, 1.807) is 29.5 Å². The molecule has 3 nitrogen and oxygen atoms in total. The normalized spacial score (nSPS) is 12.2. The second-order valence-corrected chi connectivity index (χ2v) is 7.00. The van der Waals surface area contributed by atoms with E-state index in [9.17, 15) is 4.79 Å². The molecular weight excluding hydrogens is 360 g/mol. The minimum atomic E-state index is -0.141. The molecule has 0 aliphatic carbocycles. The van der Waals surface area contributed by atoms with Crippen molar-refractivity contribution in [2.75, 3.05) is 0 Å². The average molecular weight is 374 g/mol. The van der Waals surface area contributed by atoms with Gasteiger partial charge in [-0.15, -0.1) is 11.3 Å². The number of benzene rings is 1. The highest BCUT2D eigenvalue weighted by atomic mass is 79.9. The highest BCUT2D eigenvalue weighted by molar-refractivity contribution is 9.10. The summed E-state index contributed by atoms with van der Waals surface area (Å²) in [6.45, 7) is 5.88. The molecule has 0 aliphatic rings. The summed E-state index contributed by atoms with van der Waals surface area (Å²) < 4.78 is 0.776. The Labute approximate surface area is 135 Å². The number of nitrogens with one attached hydrogen (secondary N) is 1. The van der Waals surface area contributed by atoms with Gasteiger partial charge in [0.25, 0.3) is 5.91 Å².